The molecule has 0 aliphatic heterocycles. The molecule has 0 atom stereocenters. The van der Waals surface area contributed by atoms with Crippen LogP contribution in [-0.4, -0.2) is 14.5 Å². The highest BCUT2D eigenvalue weighted by Crippen LogP contribution is 2.17. The number of imidazole rings is 1. The molecule has 0 saturated carbocycles. The molecule has 0 saturated heterocycles. The van der Waals surface area contributed by atoms with Gasteiger partial charge < -0.3 is 4.57 Å². The molecular weight excluding hydrogens is 182 g/mol. The minimum Gasteiger partial charge on any atom is -0.332 e. The van der Waals surface area contributed by atoms with E-state index in [9.17, 15) is 0 Å². The van der Waals surface area contributed by atoms with Crippen molar-refractivity contribution in [2.24, 2.45) is 0 Å². The summed E-state index contributed by atoms with van der Waals surface area (Å²) in [4.78, 5) is 9.69. The molecule has 0 bridgehead atoms. The molecule has 2 rings (SSSR count). The smallest absolute Gasteiger partial charge is 0.0949 e. The molecule has 0 radical (unpaired) electrons. The van der Waals surface area contributed by atoms with E-state index >= 15 is 0 Å². The Morgan fingerprint density at radius 3 is 2.85 bits per heavy atom. The van der Waals surface area contributed by atoms with Crippen molar-refractivity contribution in [3.8, 4) is 0 Å². The van der Waals surface area contributed by atoms with Crippen molar-refractivity contribution in [2.45, 2.75) is 20.4 Å². The molecule has 68 valence electrons. The first-order chi connectivity index (χ1) is 6.25. The van der Waals surface area contributed by atoms with Gasteiger partial charge in [0.15, 0.2) is 0 Å². The van der Waals surface area contributed by atoms with Crippen LogP contribution in [0.4, 0.5) is 0 Å². The monoisotopic (exact) mass is 193 g/mol. The molecule has 4 heteroatoms. The summed E-state index contributed by atoms with van der Waals surface area (Å²) in [6, 6.07) is 0. The molecule has 3 nitrogen and oxygen atoms in total. The van der Waals surface area contributed by atoms with E-state index in [4.69, 9.17) is 0 Å². The zero-order valence-corrected chi connectivity index (χ0v) is 8.51. The highest BCUT2D eigenvalue weighted by molar-refractivity contribution is 7.11. The number of aromatic nitrogens is 3. The third-order valence-electron chi connectivity index (χ3n) is 1.88. The second-order valence-corrected chi connectivity index (χ2v) is 4.26. The summed E-state index contributed by atoms with van der Waals surface area (Å²) < 4.78 is 2.06. The third-order valence-corrected chi connectivity index (χ3v) is 2.94. The fourth-order valence-electron chi connectivity index (χ4n) is 1.27. The quantitative estimate of drug-likeness (QED) is 0.730. The molecule has 2 heterocycles. The van der Waals surface area contributed by atoms with Gasteiger partial charge in [0, 0.05) is 17.3 Å². The van der Waals surface area contributed by atoms with Crippen LogP contribution >= 0.6 is 11.3 Å². The second-order valence-electron chi connectivity index (χ2n) is 2.98. The molecule has 0 aromatic carbocycles. The van der Waals surface area contributed by atoms with Crippen molar-refractivity contribution in [3.05, 3.63) is 34.3 Å². The average molecular weight is 193 g/mol. The summed E-state index contributed by atoms with van der Waals surface area (Å²) in [6.07, 6.45) is 5.59. The highest BCUT2D eigenvalue weighted by Gasteiger charge is 2.04. The first-order valence-corrected chi connectivity index (χ1v) is 4.96. The predicted octanol–water partition coefficient (Wildman–Crippen LogP) is 2.00. The zero-order valence-electron chi connectivity index (χ0n) is 7.69. The van der Waals surface area contributed by atoms with Gasteiger partial charge in [-0.2, -0.15) is 0 Å². The average Bonchev–Trinajstić information content (AvgIpc) is 2.63. The van der Waals surface area contributed by atoms with E-state index in [0.29, 0.717) is 0 Å². The van der Waals surface area contributed by atoms with Crippen molar-refractivity contribution in [2.75, 3.05) is 0 Å². The van der Waals surface area contributed by atoms with E-state index in [2.05, 4.69) is 21.5 Å². The number of hydrogen-bond donors (Lipinski definition) is 0. The topological polar surface area (TPSA) is 30.7 Å². The third kappa shape index (κ3) is 1.78. The molecular formula is C9H11N3S. The van der Waals surface area contributed by atoms with Gasteiger partial charge in [0.05, 0.1) is 23.6 Å². The molecule has 13 heavy (non-hydrogen) atoms. The Hall–Kier alpha value is -1.16. The largest absolute Gasteiger partial charge is 0.332 e. The van der Waals surface area contributed by atoms with Gasteiger partial charge in [-0.3, -0.25) is 0 Å². The standard InChI is InChI=1S/C9H11N3S/c1-7-9(13-8(2)11-7)5-12-4-3-10-6-12/h3-4,6H,5H2,1-2H3. The lowest BCUT2D eigenvalue weighted by Crippen LogP contribution is -1.95. The van der Waals surface area contributed by atoms with Crippen LogP contribution in [0, 0.1) is 13.8 Å². The molecule has 0 fully saturated rings. The van der Waals surface area contributed by atoms with Crippen molar-refractivity contribution in [1.29, 1.82) is 0 Å². The van der Waals surface area contributed by atoms with Crippen molar-refractivity contribution < 1.29 is 0 Å². The number of nitrogens with zero attached hydrogens (tertiary/aromatic N) is 3. The molecule has 2 aromatic rings. The summed E-state index contributed by atoms with van der Waals surface area (Å²) in [5, 5.41) is 1.13. The Morgan fingerprint density at radius 2 is 2.31 bits per heavy atom. The van der Waals surface area contributed by atoms with Gasteiger partial charge in [-0.15, -0.1) is 11.3 Å². The summed E-state index contributed by atoms with van der Waals surface area (Å²) >= 11 is 1.75. The number of thiazole rings is 1. The maximum Gasteiger partial charge on any atom is 0.0949 e. The van der Waals surface area contributed by atoms with Crippen LogP contribution in [0.2, 0.25) is 0 Å². The first-order valence-electron chi connectivity index (χ1n) is 4.14. The molecule has 0 amide bonds. The molecule has 2 aromatic heterocycles. The van der Waals surface area contributed by atoms with Crippen LogP contribution in [0.5, 0.6) is 0 Å². The van der Waals surface area contributed by atoms with Gasteiger partial charge in [0.1, 0.15) is 0 Å². The summed E-state index contributed by atoms with van der Waals surface area (Å²) in [7, 11) is 0. The summed E-state index contributed by atoms with van der Waals surface area (Å²) in [5.41, 5.74) is 1.14. The van der Waals surface area contributed by atoms with Crippen LogP contribution in [0.1, 0.15) is 15.6 Å². The van der Waals surface area contributed by atoms with Crippen LogP contribution in [-0.2, 0) is 6.54 Å². The molecule has 0 spiro atoms. The Morgan fingerprint density at radius 1 is 1.46 bits per heavy atom. The minimum absolute atomic E-state index is 0.886. The van der Waals surface area contributed by atoms with E-state index in [0.717, 1.165) is 17.2 Å². The predicted molar refractivity (Wildman–Crippen MR) is 52.9 cm³/mol. The Bertz CT molecular complexity index is 389. The first kappa shape index (κ1) is 8.44. The van der Waals surface area contributed by atoms with E-state index in [1.165, 1.54) is 4.88 Å². The number of rotatable bonds is 2. The molecule has 0 unspecified atom stereocenters. The fraction of sp³-hybridized carbons (Fsp3) is 0.333. The van der Waals surface area contributed by atoms with E-state index in [-0.39, 0.29) is 0 Å². The second kappa shape index (κ2) is 3.30. The van der Waals surface area contributed by atoms with Crippen molar-refractivity contribution in [1.82, 2.24) is 14.5 Å². The van der Waals surface area contributed by atoms with Gasteiger partial charge in [-0.05, 0) is 13.8 Å². The Labute approximate surface area is 81.1 Å². The zero-order chi connectivity index (χ0) is 9.26. The minimum atomic E-state index is 0.886. The van der Waals surface area contributed by atoms with Crippen molar-refractivity contribution in [3.63, 3.8) is 0 Å². The van der Waals surface area contributed by atoms with E-state index in [1.54, 1.807) is 17.5 Å². The molecule has 0 aliphatic rings. The van der Waals surface area contributed by atoms with Crippen LogP contribution in [0.15, 0.2) is 18.7 Å². The number of aryl methyl sites for hydroxylation is 2. The van der Waals surface area contributed by atoms with Gasteiger partial charge in [-0.1, -0.05) is 0 Å². The summed E-state index contributed by atoms with van der Waals surface area (Å²) in [5.74, 6) is 0. The van der Waals surface area contributed by atoms with Gasteiger partial charge in [0.2, 0.25) is 0 Å². The molecule has 0 N–H and O–H groups in total. The van der Waals surface area contributed by atoms with E-state index in [1.807, 2.05) is 19.4 Å². The normalized spacial score (nSPS) is 10.6. The Balaban J connectivity index is 2.23. The maximum absolute atomic E-state index is 4.38. The summed E-state index contributed by atoms with van der Waals surface area (Å²) in [6.45, 7) is 4.97. The fourth-order valence-corrected chi connectivity index (χ4v) is 2.21. The highest BCUT2D eigenvalue weighted by atomic mass is 32.1. The maximum atomic E-state index is 4.38. The lowest BCUT2D eigenvalue weighted by molar-refractivity contribution is 0.802. The van der Waals surface area contributed by atoms with Crippen molar-refractivity contribution >= 4 is 11.3 Å². The van der Waals surface area contributed by atoms with Gasteiger partial charge in [-0.25, -0.2) is 9.97 Å². The lowest BCUT2D eigenvalue weighted by Gasteiger charge is -1.98. The number of hydrogen-bond acceptors (Lipinski definition) is 3. The Kier molecular flexibility index (Phi) is 2.14. The van der Waals surface area contributed by atoms with Gasteiger partial charge in [0.25, 0.3) is 0 Å². The SMILES string of the molecule is Cc1nc(C)c(Cn2ccnc2)s1. The van der Waals surface area contributed by atoms with Crippen LogP contribution in [0.3, 0.4) is 0 Å². The van der Waals surface area contributed by atoms with Crippen LogP contribution < -0.4 is 0 Å². The van der Waals surface area contributed by atoms with Gasteiger partial charge >= 0.3 is 0 Å². The van der Waals surface area contributed by atoms with Crippen LogP contribution in [0.25, 0.3) is 0 Å². The molecule has 0 aliphatic carbocycles. The van der Waals surface area contributed by atoms with E-state index < -0.39 is 0 Å². The lowest BCUT2D eigenvalue weighted by atomic mass is 10.4.